The predicted octanol–water partition coefficient (Wildman–Crippen LogP) is 3.32. The van der Waals surface area contributed by atoms with Crippen LogP contribution in [0.15, 0.2) is 12.4 Å². The van der Waals surface area contributed by atoms with Crippen molar-refractivity contribution < 1.29 is 0 Å². The first-order valence-corrected chi connectivity index (χ1v) is 8.19. The van der Waals surface area contributed by atoms with Gasteiger partial charge in [-0.2, -0.15) is 0 Å². The van der Waals surface area contributed by atoms with Crippen LogP contribution >= 0.6 is 11.3 Å². The molecule has 0 aromatic carbocycles. The average molecular weight is 290 g/mol. The fourth-order valence-corrected chi connectivity index (χ4v) is 3.99. The van der Waals surface area contributed by atoms with Crippen LogP contribution in [0.2, 0.25) is 0 Å². The van der Waals surface area contributed by atoms with Crippen LogP contribution in [0.25, 0.3) is 10.2 Å². The zero-order chi connectivity index (χ0) is 14.0. The van der Waals surface area contributed by atoms with E-state index < -0.39 is 0 Å². The fraction of sp³-hybridized carbons (Fsp3) is 0.600. The number of hydrogen-bond acceptors (Lipinski definition) is 5. The molecule has 1 fully saturated rings. The molecule has 0 atom stereocenters. The Hall–Kier alpha value is -1.20. The number of thiophene rings is 1. The minimum atomic E-state index is 0.251. The molecule has 1 saturated carbocycles. The molecular weight excluding hydrogens is 268 g/mol. The van der Waals surface area contributed by atoms with E-state index in [0.29, 0.717) is 0 Å². The molecule has 2 aromatic rings. The summed E-state index contributed by atoms with van der Waals surface area (Å²) in [7, 11) is 0. The van der Waals surface area contributed by atoms with Crippen LogP contribution < -0.4 is 11.1 Å². The smallest absolute Gasteiger partial charge is 0.138 e. The van der Waals surface area contributed by atoms with E-state index in [0.717, 1.165) is 29.1 Å². The Morgan fingerprint density at radius 3 is 2.85 bits per heavy atom. The number of anilines is 1. The summed E-state index contributed by atoms with van der Waals surface area (Å²) in [5, 5.41) is 4.68. The van der Waals surface area contributed by atoms with Crippen molar-refractivity contribution >= 4 is 27.4 Å². The van der Waals surface area contributed by atoms with Gasteiger partial charge >= 0.3 is 0 Å². The van der Waals surface area contributed by atoms with Gasteiger partial charge in [-0.05, 0) is 37.8 Å². The molecule has 0 amide bonds. The summed E-state index contributed by atoms with van der Waals surface area (Å²) in [4.78, 5) is 11.1. The monoisotopic (exact) mass is 290 g/mol. The first-order chi connectivity index (χ1) is 9.72. The van der Waals surface area contributed by atoms with Gasteiger partial charge < -0.3 is 11.1 Å². The second-order valence-electron chi connectivity index (χ2n) is 5.92. The van der Waals surface area contributed by atoms with Gasteiger partial charge in [-0.3, -0.25) is 0 Å². The summed E-state index contributed by atoms with van der Waals surface area (Å²) in [5.41, 5.74) is 6.30. The van der Waals surface area contributed by atoms with E-state index in [1.807, 2.05) is 0 Å². The van der Waals surface area contributed by atoms with Crippen LogP contribution in [-0.2, 0) is 0 Å². The minimum absolute atomic E-state index is 0.251. The third-order valence-electron chi connectivity index (χ3n) is 4.43. The van der Waals surface area contributed by atoms with Crippen LogP contribution in [0.4, 0.5) is 5.82 Å². The maximum atomic E-state index is 6.05. The van der Waals surface area contributed by atoms with E-state index in [4.69, 9.17) is 5.73 Å². The van der Waals surface area contributed by atoms with E-state index in [-0.39, 0.29) is 5.41 Å². The molecule has 0 saturated heterocycles. The molecule has 3 rings (SSSR count). The van der Waals surface area contributed by atoms with Crippen molar-refractivity contribution in [3.8, 4) is 0 Å². The Labute approximate surface area is 123 Å². The minimum Gasteiger partial charge on any atom is -0.369 e. The largest absolute Gasteiger partial charge is 0.369 e. The summed E-state index contributed by atoms with van der Waals surface area (Å²) in [6, 6.07) is 2.17. The fourth-order valence-electron chi connectivity index (χ4n) is 3.14. The molecule has 0 aliphatic heterocycles. The molecule has 20 heavy (non-hydrogen) atoms. The average Bonchev–Trinajstić information content (AvgIpc) is 2.87. The van der Waals surface area contributed by atoms with Gasteiger partial charge in [0.25, 0.3) is 0 Å². The Bertz CT molecular complexity index is 587. The molecule has 0 bridgehead atoms. The van der Waals surface area contributed by atoms with Crippen LogP contribution in [-0.4, -0.2) is 23.1 Å². The number of aromatic nitrogens is 2. The van der Waals surface area contributed by atoms with Gasteiger partial charge in [0.2, 0.25) is 0 Å². The van der Waals surface area contributed by atoms with Crippen LogP contribution in [0.3, 0.4) is 0 Å². The normalized spacial score (nSPS) is 18.3. The van der Waals surface area contributed by atoms with E-state index >= 15 is 0 Å². The summed E-state index contributed by atoms with van der Waals surface area (Å²) in [6.45, 7) is 3.79. The van der Waals surface area contributed by atoms with Crippen molar-refractivity contribution in [2.75, 3.05) is 18.4 Å². The van der Waals surface area contributed by atoms with Crippen molar-refractivity contribution in [1.29, 1.82) is 0 Å². The van der Waals surface area contributed by atoms with Crippen LogP contribution in [0.5, 0.6) is 0 Å². The van der Waals surface area contributed by atoms with Gasteiger partial charge in [0.05, 0.1) is 5.39 Å². The zero-order valence-corrected chi connectivity index (χ0v) is 12.8. The Morgan fingerprint density at radius 1 is 1.30 bits per heavy atom. The highest BCUT2D eigenvalue weighted by Gasteiger charge is 2.30. The second-order valence-corrected chi connectivity index (χ2v) is 7.15. The van der Waals surface area contributed by atoms with Crippen molar-refractivity contribution in [3.63, 3.8) is 0 Å². The van der Waals surface area contributed by atoms with Gasteiger partial charge in [0, 0.05) is 11.4 Å². The molecule has 0 spiro atoms. The highest BCUT2D eigenvalue weighted by molar-refractivity contribution is 7.18. The quantitative estimate of drug-likeness (QED) is 0.906. The van der Waals surface area contributed by atoms with Gasteiger partial charge in [-0.15, -0.1) is 11.3 Å². The molecule has 1 aliphatic carbocycles. The molecule has 2 aromatic heterocycles. The molecule has 0 unspecified atom stereocenters. The standard InChI is InChI=1S/C15H22N4S/c1-11-7-12-13(18-10-19-14(12)20-11)17-9-15(8-16)5-3-2-4-6-15/h7,10H,2-6,8-9,16H2,1H3,(H,17,18,19). The summed E-state index contributed by atoms with van der Waals surface area (Å²) >= 11 is 1.72. The summed E-state index contributed by atoms with van der Waals surface area (Å²) < 4.78 is 0. The number of nitrogens with two attached hydrogens (primary N) is 1. The SMILES string of the molecule is Cc1cc2c(NCC3(CN)CCCCC3)ncnc2s1. The molecule has 0 radical (unpaired) electrons. The molecular formula is C15H22N4S. The third kappa shape index (κ3) is 2.65. The van der Waals surface area contributed by atoms with E-state index in [2.05, 4.69) is 28.3 Å². The Kier molecular flexibility index (Phi) is 3.89. The van der Waals surface area contributed by atoms with E-state index in [1.165, 1.54) is 37.0 Å². The van der Waals surface area contributed by atoms with Crippen LogP contribution in [0, 0.1) is 12.3 Å². The number of fused-ring (bicyclic) bond motifs is 1. The topological polar surface area (TPSA) is 63.8 Å². The maximum absolute atomic E-state index is 6.05. The van der Waals surface area contributed by atoms with Gasteiger partial charge in [0.1, 0.15) is 17.0 Å². The molecule has 2 heterocycles. The number of hydrogen-bond donors (Lipinski definition) is 2. The molecule has 5 heteroatoms. The maximum Gasteiger partial charge on any atom is 0.138 e. The lowest BCUT2D eigenvalue weighted by Gasteiger charge is -2.36. The number of rotatable bonds is 4. The van der Waals surface area contributed by atoms with Gasteiger partial charge in [-0.1, -0.05) is 19.3 Å². The zero-order valence-electron chi connectivity index (χ0n) is 12.0. The molecule has 108 valence electrons. The second kappa shape index (κ2) is 5.66. The highest BCUT2D eigenvalue weighted by Crippen LogP contribution is 2.36. The lowest BCUT2D eigenvalue weighted by Crippen LogP contribution is -2.39. The van der Waals surface area contributed by atoms with Crippen LogP contribution in [0.1, 0.15) is 37.0 Å². The van der Waals surface area contributed by atoms with Crippen molar-refractivity contribution in [2.45, 2.75) is 39.0 Å². The lowest BCUT2D eigenvalue weighted by atomic mass is 9.74. The van der Waals surface area contributed by atoms with Crippen molar-refractivity contribution in [3.05, 3.63) is 17.3 Å². The highest BCUT2D eigenvalue weighted by atomic mass is 32.1. The Morgan fingerprint density at radius 2 is 2.10 bits per heavy atom. The third-order valence-corrected chi connectivity index (χ3v) is 5.39. The van der Waals surface area contributed by atoms with Crippen molar-refractivity contribution in [1.82, 2.24) is 9.97 Å². The first-order valence-electron chi connectivity index (χ1n) is 7.38. The number of nitrogens with one attached hydrogen (secondary N) is 1. The van der Waals surface area contributed by atoms with Gasteiger partial charge in [0.15, 0.2) is 0 Å². The lowest BCUT2D eigenvalue weighted by molar-refractivity contribution is 0.215. The van der Waals surface area contributed by atoms with Crippen molar-refractivity contribution in [2.24, 2.45) is 11.1 Å². The van der Waals surface area contributed by atoms with Gasteiger partial charge in [-0.25, -0.2) is 9.97 Å². The first kappa shape index (κ1) is 13.8. The summed E-state index contributed by atoms with van der Waals surface area (Å²) in [5.74, 6) is 0.956. The van der Waals surface area contributed by atoms with E-state index in [9.17, 15) is 0 Å². The molecule has 3 N–H and O–H groups in total. The Balaban J connectivity index is 1.79. The number of aryl methyl sites for hydroxylation is 1. The van der Waals surface area contributed by atoms with E-state index in [1.54, 1.807) is 17.7 Å². The summed E-state index contributed by atoms with van der Waals surface area (Å²) in [6.07, 6.45) is 8.06. The number of nitrogens with zero attached hydrogens (tertiary/aromatic N) is 2. The molecule has 4 nitrogen and oxygen atoms in total. The molecule has 1 aliphatic rings. The predicted molar refractivity (Wildman–Crippen MR) is 85.2 cm³/mol.